The highest BCUT2D eigenvalue weighted by molar-refractivity contribution is 7.17. The van der Waals surface area contributed by atoms with Crippen LogP contribution in [0.1, 0.15) is 27.2 Å². The molecule has 1 aromatic heterocycles. The van der Waals surface area contributed by atoms with Gasteiger partial charge in [0.1, 0.15) is 5.82 Å². The highest BCUT2D eigenvalue weighted by Crippen LogP contribution is 2.28. The van der Waals surface area contributed by atoms with Crippen molar-refractivity contribution in [2.24, 2.45) is 0 Å². The van der Waals surface area contributed by atoms with Crippen LogP contribution in [0.15, 0.2) is 60.7 Å². The van der Waals surface area contributed by atoms with Crippen LogP contribution in [0.4, 0.5) is 4.39 Å². The first kappa shape index (κ1) is 19.3. The number of aryl methyl sites for hydroxylation is 1. The quantitative estimate of drug-likeness (QED) is 0.647. The van der Waals surface area contributed by atoms with Crippen LogP contribution in [0.5, 0.6) is 0 Å². The molecule has 0 bridgehead atoms. The summed E-state index contributed by atoms with van der Waals surface area (Å²) in [5.74, 6) is -1.04. The minimum Gasteiger partial charge on any atom is -0.273 e. The molecule has 0 saturated heterocycles. The number of hydrazine groups is 1. The summed E-state index contributed by atoms with van der Waals surface area (Å²) in [4.78, 5) is 25.4. The van der Waals surface area contributed by atoms with Gasteiger partial charge in [-0.3, -0.25) is 20.4 Å². The number of nitriles is 1. The summed E-state index contributed by atoms with van der Waals surface area (Å²) in [6, 6.07) is 18.5. The maximum Gasteiger partial charge on any atom is 0.279 e. The van der Waals surface area contributed by atoms with Gasteiger partial charge in [-0.1, -0.05) is 24.3 Å². The van der Waals surface area contributed by atoms with Crippen molar-refractivity contribution in [1.29, 1.82) is 5.26 Å². The van der Waals surface area contributed by atoms with Gasteiger partial charge in [0.05, 0.1) is 16.5 Å². The van der Waals surface area contributed by atoms with Gasteiger partial charge in [0.2, 0.25) is 5.91 Å². The van der Waals surface area contributed by atoms with Crippen molar-refractivity contribution in [3.63, 3.8) is 0 Å². The van der Waals surface area contributed by atoms with Crippen molar-refractivity contribution in [2.45, 2.75) is 12.8 Å². The molecule has 28 heavy (non-hydrogen) atoms. The van der Waals surface area contributed by atoms with Gasteiger partial charge in [0.25, 0.3) is 5.91 Å². The molecule has 2 N–H and O–H groups in total. The molecule has 0 spiro atoms. The Morgan fingerprint density at radius 2 is 1.68 bits per heavy atom. The predicted molar refractivity (Wildman–Crippen MR) is 105 cm³/mol. The minimum absolute atomic E-state index is 0.206. The molecule has 2 amide bonds. The molecule has 0 aliphatic heterocycles. The SMILES string of the molecule is N#Cc1ccc(CCC(=O)NNC(=O)c2ccc(-c3ccc(F)cc3)s2)cc1. The fourth-order valence-corrected chi connectivity index (χ4v) is 3.39. The van der Waals surface area contributed by atoms with Crippen molar-refractivity contribution in [1.82, 2.24) is 10.9 Å². The number of carbonyl (C=O) groups excluding carboxylic acids is 2. The lowest BCUT2D eigenvalue weighted by Crippen LogP contribution is -2.41. The summed E-state index contributed by atoms with van der Waals surface area (Å²) in [7, 11) is 0. The molecule has 140 valence electrons. The third-order valence-electron chi connectivity index (χ3n) is 4.00. The molecular formula is C21H16FN3O2S. The molecular weight excluding hydrogens is 377 g/mol. The van der Waals surface area contributed by atoms with Gasteiger partial charge < -0.3 is 0 Å². The van der Waals surface area contributed by atoms with E-state index in [9.17, 15) is 14.0 Å². The number of nitrogens with one attached hydrogen (secondary N) is 2. The van der Waals surface area contributed by atoms with Crippen LogP contribution in [0.25, 0.3) is 10.4 Å². The van der Waals surface area contributed by atoms with E-state index >= 15 is 0 Å². The van der Waals surface area contributed by atoms with Crippen LogP contribution in [0, 0.1) is 17.1 Å². The van der Waals surface area contributed by atoms with E-state index < -0.39 is 5.91 Å². The number of rotatable bonds is 5. The number of thiophene rings is 1. The van der Waals surface area contributed by atoms with E-state index in [4.69, 9.17) is 5.26 Å². The largest absolute Gasteiger partial charge is 0.279 e. The summed E-state index contributed by atoms with van der Waals surface area (Å²) in [6.45, 7) is 0. The molecule has 0 aliphatic carbocycles. The van der Waals surface area contributed by atoms with Crippen LogP contribution < -0.4 is 10.9 Å². The van der Waals surface area contributed by atoms with E-state index in [0.717, 1.165) is 16.0 Å². The lowest BCUT2D eigenvalue weighted by molar-refractivity contribution is -0.121. The van der Waals surface area contributed by atoms with Crippen LogP contribution in [-0.2, 0) is 11.2 Å². The van der Waals surface area contributed by atoms with Crippen molar-refractivity contribution >= 4 is 23.2 Å². The molecule has 1 heterocycles. The summed E-state index contributed by atoms with van der Waals surface area (Å²) >= 11 is 1.25. The first-order valence-electron chi connectivity index (χ1n) is 8.49. The van der Waals surface area contributed by atoms with Gasteiger partial charge in [0, 0.05) is 11.3 Å². The normalized spacial score (nSPS) is 10.1. The Hall–Kier alpha value is -3.50. The third kappa shape index (κ3) is 5.02. The Bertz CT molecular complexity index is 1020. The molecule has 0 saturated carbocycles. The fraction of sp³-hybridized carbons (Fsp3) is 0.0952. The third-order valence-corrected chi connectivity index (χ3v) is 5.13. The Labute approximate surface area is 165 Å². The van der Waals surface area contributed by atoms with Gasteiger partial charge in [-0.15, -0.1) is 11.3 Å². The molecule has 3 aromatic rings. The zero-order chi connectivity index (χ0) is 19.9. The fourth-order valence-electron chi connectivity index (χ4n) is 2.48. The summed E-state index contributed by atoms with van der Waals surface area (Å²) < 4.78 is 13.0. The Morgan fingerprint density at radius 3 is 2.36 bits per heavy atom. The lowest BCUT2D eigenvalue weighted by Gasteiger charge is -2.06. The number of carbonyl (C=O) groups is 2. The number of nitrogens with zero attached hydrogens (tertiary/aromatic N) is 1. The number of hydrogen-bond acceptors (Lipinski definition) is 4. The van der Waals surface area contributed by atoms with E-state index in [1.165, 1.54) is 23.5 Å². The zero-order valence-corrected chi connectivity index (χ0v) is 15.6. The van der Waals surface area contributed by atoms with Crippen molar-refractivity contribution in [3.8, 4) is 16.5 Å². The smallest absolute Gasteiger partial charge is 0.273 e. The number of halogens is 1. The average Bonchev–Trinajstić information content (AvgIpc) is 3.21. The van der Waals surface area contributed by atoms with Gasteiger partial charge in [-0.05, 0) is 53.9 Å². The molecule has 5 nitrogen and oxygen atoms in total. The van der Waals surface area contributed by atoms with Crippen LogP contribution in [0.3, 0.4) is 0 Å². The number of amides is 2. The highest BCUT2D eigenvalue weighted by Gasteiger charge is 2.11. The Morgan fingerprint density at radius 1 is 0.964 bits per heavy atom. The highest BCUT2D eigenvalue weighted by atomic mass is 32.1. The van der Waals surface area contributed by atoms with E-state index in [1.807, 2.05) is 6.07 Å². The number of benzene rings is 2. The average molecular weight is 393 g/mol. The van der Waals surface area contributed by atoms with Crippen molar-refractivity contribution in [2.75, 3.05) is 0 Å². The van der Waals surface area contributed by atoms with Crippen molar-refractivity contribution in [3.05, 3.63) is 82.5 Å². The summed E-state index contributed by atoms with van der Waals surface area (Å²) in [5.41, 5.74) is 7.11. The summed E-state index contributed by atoms with van der Waals surface area (Å²) in [5, 5.41) is 8.77. The Kier molecular flexibility index (Phi) is 6.14. The standard InChI is InChI=1S/C21H16FN3O2S/c22-17-8-6-16(7-9-17)18-10-11-19(28-18)21(27)25-24-20(26)12-5-14-1-3-15(13-23)4-2-14/h1-4,6-11H,5,12H2,(H,24,26)(H,25,27). The molecule has 7 heteroatoms. The second kappa shape index (κ2) is 8.93. The van der Waals surface area contributed by atoms with E-state index in [1.54, 1.807) is 48.5 Å². The molecule has 3 rings (SSSR count). The van der Waals surface area contributed by atoms with Crippen LogP contribution in [-0.4, -0.2) is 11.8 Å². The van der Waals surface area contributed by atoms with E-state index in [2.05, 4.69) is 10.9 Å². The second-order valence-electron chi connectivity index (χ2n) is 5.98. The van der Waals surface area contributed by atoms with E-state index in [0.29, 0.717) is 16.9 Å². The van der Waals surface area contributed by atoms with Gasteiger partial charge in [-0.25, -0.2) is 4.39 Å². The molecule has 0 unspecified atom stereocenters. The topological polar surface area (TPSA) is 82.0 Å². The van der Waals surface area contributed by atoms with Gasteiger partial charge >= 0.3 is 0 Å². The predicted octanol–water partition coefficient (Wildman–Crippen LogP) is 3.82. The first-order valence-corrected chi connectivity index (χ1v) is 9.31. The second-order valence-corrected chi connectivity index (χ2v) is 7.07. The lowest BCUT2D eigenvalue weighted by atomic mass is 10.1. The maximum atomic E-state index is 13.0. The van der Waals surface area contributed by atoms with Gasteiger partial charge in [-0.2, -0.15) is 5.26 Å². The Balaban J connectivity index is 1.49. The maximum absolute atomic E-state index is 13.0. The molecule has 2 aromatic carbocycles. The summed E-state index contributed by atoms with van der Waals surface area (Å²) in [6.07, 6.45) is 0.707. The molecule has 0 fully saturated rings. The molecule has 0 radical (unpaired) electrons. The van der Waals surface area contributed by atoms with Crippen LogP contribution >= 0.6 is 11.3 Å². The number of hydrogen-bond donors (Lipinski definition) is 2. The molecule has 0 atom stereocenters. The van der Waals surface area contributed by atoms with E-state index in [-0.39, 0.29) is 18.1 Å². The first-order chi connectivity index (χ1) is 13.5. The molecule has 0 aliphatic rings. The van der Waals surface area contributed by atoms with Crippen LogP contribution in [0.2, 0.25) is 0 Å². The monoisotopic (exact) mass is 393 g/mol. The van der Waals surface area contributed by atoms with Crippen molar-refractivity contribution < 1.29 is 14.0 Å². The minimum atomic E-state index is -0.412. The van der Waals surface area contributed by atoms with Gasteiger partial charge in [0.15, 0.2) is 0 Å². The zero-order valence-electron chi connectivity index (χ0n) is 14.7.